The standard InChI is InChI=1S/C15H20BrNO4S/c1-2-17(10-9-15(19)20)14(18)4-3-11-22(21)13-7-5-12(16)6-8-13/h5-8H,2-4,9-11H2,1H3,(H,19,20). The van der Waals surface area contributed by atoms with Gasteiger partial charge in [0.25, 0.3) is 0 Å². The molecule has 1 unspecified atom stereocenters. The number of hydrogen-bond acceptors (Lipinski definition) is 3. The normalized spacial score (nSPS) is 11.9. The van der Waals surface area contributed by atoms with Crippen LogP contribution in [0, 0.1) is 0 Å². The molecule has 1 N–H and O–H groups in total. The third-order valence-corrected chi connectivity index (χ3v) is 5.11. The highest BCUT2D eigenvalue weighted by molar-refractivity contribution is 9.10. The van der Waals surface area contributed by atoms with E-state index >= 15 is 0 Å². The van der Waals surface area contributed by atoms with Gasteiger partial charge in [0.05, 0.1) is 17.2 Å². The first-order valence-electron chi connectivity index (χ1n) is 7.07. The summed E-state index contributed by atoms with van der Waals surface area (Å²) in [5.41, 5.74) is 0. The SMILES string of the molecule is CCN(CCC(=O)O)C(=O)CCCS(=O)c1ccc(Br)cc1. The van der Waals surface area contributed by atoms with Crippen molar-refractivity contribution < 1.29 is 18.9 Å². The predicted molar refractivity (Wildman–Crippen MR) is 89.2 cm³/mol. The highest BCUT2D eigenvalue weighted by Gasteiger charge is 2.13. The zero-order valence-electron chi connectivity index (χ0n) is 12.5. The molecule has 1 amide bonds. The molecule has 0 fully saturated rings. The Morgan fingerprint density at radius 2 is 1.86 bits per heavy atom. The van der Waals surface area contributed by atoms with Crippen LogP contribution < -0.4 is 0 Å². The summed E-state index contributed by atoms with van der Waals surface area (Å²) in [5.74, 6) is -0.580. The van der Waals surface area contributed by atoms with Crippen LogP contribution in [0.15, 0.2) is 33.6 Å². The first kappa shape index (κ1) is 18.8. The molecular weight excluding hydrogens is 370 g/mol. The van der Waals surface area contributed by atoms with Crippen LogP contribution in [0.3, 0.4) is 0 Å². The van der Waals surface area contributed by atoms with Gasteiger partial charge < -0.3 is 10.0 Å². The first-order chi connectivity index (χ1) is 10.4. The van der Waals surface area contributed by atoms with Crippen molar-refractivity contribution in [1.29, 1.82) is 0 Å². The molecule has 22 heavy (non-hydrogen) atoms. The van der Waals surface area contributed by atoms with E-state index in [0.717, 1.165) is 9.37 Å². The predicted octanol–water partition coefficient (Wildman–Crippen LogP) is 2.66. The molecule has 0 aliphatic carbocycles. The van der Waals surface area contributed by atoms with E-state index < -0.39 is 16.8 Å². The minimum atomic E-state index is -1.12. The van der Waals surface area contributed by atoms with Crippen LogP contribution in [0.4, 0.5) is 0 Å². The lowest BCUT2D eigenvalue weighted by molar-refractivity contribution is -0.138. The maximum absolute atomic E-state index is 12.1. The highest BCUT2D eigenvalue weighted by Crippen LogP contribution is 2.14. The van der Waals surface area contributed by atoms with Gasteiger partial charge in [-0.25, -0.2) is 0 Å². The van der Waals surface area contributed by atoms with Gasteiger partial charge in [0.15, 0.2) is 0 Å². The number of benzene rings is 1. The van der Waals surface area contributed by atoms with E-state index in [1.54, 1.807) is 12.1 Å². The van der Waals surface area contributed by atoms with Crippen LogP contribution in [0.25, 0.3) is 0 Å². The molecule has 0 saturated heterocycles. The van der Waals surface area contributed by atoms with E-state index in [2.05, 4.69) is 15.9 Å². The van der Waals surface area contributed by atoms with Crippen LogP contribution >= 0.6 is 15.9 Å². The molecular formula is C15H20BrNO4S. The van der Waals surface area contributed by atoms with Crippen molar-refractivity contribution in [2.45, 2.75) is 31.1 Å². The zero-order valence-corrected chi connectivity index (χ0v) is 14.9. The maximum atomic E-state index is 12.1. The topological polar surface area (TPSA) is 74.7 Å². The number of nitrogens with zero attached hydrogens (tertiary/aromatic N) is 1. The summed E-state index contributed by atoms with van der Waals surface area (Å²) in [5, 5.41) is 8.65. The van der Waals surface area contributed by atoms with Gasteiger partial charge in [0.1, 0.15) is 0 Å². The van der Waals surface area contributed by atoms with Gasteiger partial charge in [-0.1, -0.05) is 15.9 Å². The van der Waals surface area contributed by atoms with E-state index in [-0.39, 0.29) is 25.3 Å². The highest BCUT2D eigenvalue weighted by atomic mass is 79.9. The van der Waals surface area contributed by atoms with Gasteiger partial charge >= 0.3 is 5.97 Å². The number of hydrogen-bond donors (Lipinski definition) is 1. The monoisotopic (exact) mass is 389 g/mol. The summed E-state index contributed by atoms with van der Waals surface area (Å²) in [6.07, 6.45) is 0.755. The van der Waals surface area contributed by atoms with Crippen LogP contribution in [-0.2, 0) is 20.4 Å². The average Bonchev–Trinajstić information content (AvgIpc) is 2.48. The second-order valence-electron chi connectivity index (χ2n) is 4.72. The molecule has 0 heterocycles. The number of carbonyl (C=O) groups is 2. The van der Waals surface area contributed by atoms with Gasteiger partial charge in [-0.2, -0.15) is 0 Å². The Morgan fingerprint density at radius 1 is 1.23 bits per heavy atom. The Balaban J connectivity index is 2.38. The molecule has 1 aromatic rings. The lowest BCUT2D eigenvalue weighted by Gasteiger charge is -2.19. The summed E-state index contributed by atoms with van der Waals surface area (Å²) >= 11 is 3.32. The molecule has 1 rings (SSSR count). The Kier molecular flexibility index (Phi) is 8.34. The van der Waals surface area contributed by atoms with E-state index in [1.807, 2.05) is 19.1 Å². The number of carbonyl (C=O) groups excluding carboxylic acids is 1. The average molecular weight is 390 g/mol. The lowest BCUT2D eigenvalue weighted by atomic mass is 10.3. The van der Waals surface area contributed by atoms with E-state index in [0.29, 0.717) is 18.7 Å². The van der Waals surface area contributed by atoms with Crippen molar-refractivity contribution in [3.63, 3.8) is 0 Å². The molecule has 1 aromatic carbocycles. The van der Waals surface area contributed by atoms with Gasteiger partial charge in [-0.3, -0.25) is 13.8 Å². The fourth-order valence-corrected chi connectivity index (χ4v) is 3.25. The number of carboxylic acids is 1. The Bertz CT molecular complexity index is 533. The molecule has 1 atom stereocenters. The Morgan fingerprint density at radius 3 is 2.41 bits per heavy atom. The quantitative estimate of drug-likeness (QED) is 0.704. The fraction of sp³-hybridized carbons (Fsp3) is 0.467. The van der Waals surface area contributed by atoms with E-state index in [9.17, 15) is 13.8 Å². The largest absolute Gasteiger partial charge is 0.481 e. The van der Waals surface area contributed by atoms with Crippen molar-refractivity contribution in [2.24, 2.45) is 0 Å². The van der Waals surface area contributed by atoms with E-state index in [4.69, 9.17) is 5.11 Å². The van der Waals surface area contributed by atoms with Crippen molar-refractivity contribution >= 4 is 38.6 Å². The number of rotatable bonds is 9. The minimum absolute atomic E-state index is 0.0512. The lowest BCUT2D eigenvalue weighted by Crippen LogP contribution is -2.32. The van der Waals surface area contributed by atoms with Gasteiger partial charge in [-0.05, 0) is 37.6 Å². The molecule has 0 bridgehead atoms. The molecule has 122 valence electrons. The molecule has 0 aliphatic heterocycles. The summed E-state index contributed by atoms with van der Waals surface area (Å²) in [7, 11) is -1.12. The Hall–Kier alpha value is -1.21. The number of amides is 1. The number of aliphatic carboxylic acids is 1. The second-order valence-corrected chi connectivity index (χ2v) is 7.21. The summed E-state index contributed by atoms with van der Waals surface area (Å²) in [4.78, 5) is 24.8. The number of halogens is 1. The summed E-state index contributed by atoms with van der Waals surface area (Å²) < 4.78 is 13.0. The molecule has 0 saturated carbocycles. The minimum Gasteiger partial charge on any atom is -0.481 e. The van der Waals surface area contributed by atoms with Crippen molar-refractivity contribution in [1.82, 2.24) is 4.90 Å². The van der Waals surface area contributed by atoms with Crippen molar-refractivity contribution in [3.8, 4) is 0 Å². The van der Waals surface area contributed by atoms with Crippen molar-refractivity contribution in [2.75, 3.05) is 18.8 Å². The molecule has 0 aliphatic rings. The zero-order chi connectivity index (χ0) is 16.5. The number of carboxylic acid groups (broad SMARTS) is 1. The smallest absolute Gasteiger partial charge is 0.305 e. The van der Waals surface area contributed by atoms with Gasteiger partial charge in [0.2, 0.25) is 5.91 Å². The molecule has 0 spiro atoms. The van der Waals surface area contributed by atoms with Crippen LogP contribution in [0.2, 0.25) is 0 Å². The second kappa shape index (κ2) is 9.74. The fourth-order valence-electron chi connectivity index (χ4n) is 1.91. The molecule has 0 aromatic heterocycles. The third-order valence-electron chi connectivity index (χ3n) is 3.13. The molecule has 0 radical (unpaired) electrons. The van der Waals surface area contributed by atoms with Crippen LogP contribution in [-0.4, -0.2) is 44.9 Å². The molecule has 5 nitrogen and oxygen atoms in total. The third kappa shape index (κ3) is 6.70. The maximum Gasteiger partial charge on any atom is 0.305 e. The first-order valence-corrected chi connectivity index (χ1v) is 9.18. The van der Waals surface area contributed by atoms with Crippen LogP contribution in [0.5, 0.6) is 0 Å². The van der Waals surface area contributed by atoms with Gasteiger partial charge in [-0.15, -0.1) is 0 Å². The Labute approximate surface area is 141 Å². The summed E-state index contributed by atoms with van der Waals surface area (Å²) in [6.45, 7) is 2.53. The van der Waals surface area contributed by atoms with Crippen molar-refractivity contribution in [3.05, 3.63) is 28.7 Å². The summed E-state index contributed by atoms with van der Waals surface area (Å²) in [6, 6.07) is 7.27. The van der Waals surface area contributed by atoms with Gasteiger partial charge in [0, 0.05) is 34.6 Å². The van der Waals surface area contributed by atoms with E-state index in [1.165, 1.54) is 4.90 Å². The van der Waals surface area contributed by atoms with Crippen LogP contribution in [0.1, 0.15) is 26.2 Å². The molecule has 7 heteroatoms.